The summed E-state index contributed by atoms with van der Waals surface area (Å²) >= 11 is 0. The highest BCUT2D eigenvalue weighted by molar-refractivity contribution is 7.89. The fourth-order valence-corrected chi connectivity index (χ4v) is 5.24. The van der Waals surface area contributed by atoms with Crippen molar-refractivity contribution >= 4 is 16.0 Å². The first kappa shape index (κ1) is 23.3. The van der Waals surface area contributed by atoms with Crippen molar-refractivity contribution < 1.29 is 31.5 Å². The van der Waals surface area contributed by atoms with E-state index in [0.717, 1.165) is 55.5 Å². The van der Waals surface area contributed by atoms with Crippen LogP contribution >= 0.6 is 0 Å². The molecule has 0 amide bonds. The molecule has 0 unspecified atom stereocenters. The van der Waals surface area contributed by atoms with Crippen molar-refractivity contribution in [1.82, 2.24) is 4.72 Å². The van der Waals surface area contributed by atoms with Gasteiger partial charge in [-0.2, -0.15) is 13.2 Å². The van der Waals surface area contributed by atoms with Crippen LogP contribution < -0.4 is 4.72 Å². The molecule has 0 atom stereocenters. The Morgan fingerprint density at radius 3 is 2.03 bits per heavy atom. The summed E-state index contributed by atoms with van der Waals surface area (Å²) in [5, 5.41) is 8.88. The number of rotatable bonds is 8. The molecule has 5 nitrogen and oxygen atoms in total. The second-order valence-electron chi connectivity index (χ2n) is 8.12. The normalized spacial score (nSPS) is 16.4. The lowest BCUT2D eigenvalue weighted by Crippen LogP contribution is -2.37. The van der Waals surface area contributed by atoms with E-state index < -0.39 is 27.7 Å². The van der Waals surface area contributed by atoms with Crippen LogP contribution in [0, 0.1) is 5.41 Å². The number of nitrogens with one attached hydrogen (secondary N) is 1. The Hall–Kier alpha value is -2.39. The molecule has 1 aliphatic rings. The van der Waals surface area contributed by atoms with Gasteiger partial charge in [-0.05, 0) is 60.1 Å². The third-order valence-electron chi connectivity index (χ3n) is 5.75. The van der Waals surface area contributed by atoms with Gasteiger partial charge in [-0.25, -0.2) is 13.1 Å². The summed E-state index contributed by atoms with van der Waals surface area (Å²) in [4.78, 5) is 10.6. The number of alkyl halides is 3. The molecule has 0 radical (unpaired) electrons. The van der Waals surface area contributed by atoms with Crippen molar-refractivity contribution in [3.8, 4) is 0 Å². The number of carboxylic acid groups (broad SMARTS) is 1. The molecule has 2 aromatic rings. The number of carboxylic acids is 1. The second-order valence-corrected chi connectivity index (χ2v) is 9.88. The molecule has 0 aliphatic heterocycles. The van der Waals surface area contributed by atoms with Crippen molar-refractivity contribution in [3.05, 3.63) is 65.2 Å². The van der Waals surface area contributed by atoms with Gasteiger partial charge in [0.25, 0.3) is 0 Å². The zero-order valence-electron chi connectivity index (χ0n) is 16.8. The Kier molecular flexibility index (Phi) is 6.76. The fraction of sp³-hybridized carbons (Fsp3) is 0.409. The lowest BCUT2D eigenvalue weighted by atomic mass is 9.80. The lowest BCUT2D eigenvalue weighted by Gasteiger charge is -2.29. The van der Waals surface area contributed by atoms with Crippen LogP contribution in [-0.4, -0.2) is 26.0 Å². The molecule has 0 heterocycles. The fourth-order valence-electron chi connectivity index (χ4n) is 4.08. The van der Waals surface area contributed by atoms with Gasteiger partial charge in [-0.3, -0.25) is 4.79 Å². The minimum absolute atomic E-state index is 0.0572. The van der Waals surface area contributed by atoms with Crippen molar-refractivity contribution in [1.29, 1.82) is 0 Å². The Bertz CT molecular complexity index is 1010. The van der Waals surface area contributed by atoms with E-state index in [2.05, 4.69) is 4.72 Å². The summed E-state index contributed by atoms with van der Waals surface area (Å²) in [6.45, 7) is 0.188. The highest BCUT2D eigenvalue weighted by Gasteiger charge is 2.35. The average Bonchev–Trinajstić information content (AvgIpc) is 3.16. The van der Waals surface area contributed by atoms with Gasteiger partial charge in [-0.15, -0.1) is 0 Å². The van der Waals surface area contributed by atoms with Crippen molar-refractivity contribution in [3.63, 3.8) is 0 Å². The van der Waals surface area contributed by atoms with Gasteiger partial charge in [-0.1, -0.05) is 37.1 Å². The summed E-state index contributed by atoms with van der Waals surface area (Å²) in [5.74, 6) is -0.905. The van der Waals surface area contributed by atoms with E-state index in [-0.39, 0.29) is 23.3 Å². The van der Waals surface area contributed by atoms with Crippen LogP contribution in [0.15, 0.2) is 53.4 Å². The van der Waals surface area contributed by atoms with E-state index in [1.165, 1.54) is 0 Å². The first-order chi connectivity index (χ1) is 14.5. The molecule has 9 heteroatoms. The average molecular weight is 455 g/mol. The van der Waals surface area contributed by atoms with Crippen LogP contribution in [0.4, 0.5) is 13.2 Å². The lowest BCUT2D eigenvalue weighted by molar-refractivity contribution is -0.138. The molecule has 2 aromatic carbocycles. The number of sulfonamides is 1. The van der Waals surface area contributed by atoms with E-state index in [4.69, 9.17) is 5.11 Å². The quantitative estimate of drug-likeness (QED) is 0.618. The molecular weight excluding hydrogens is 431 g/mol. The Morgan fingerprint density at radius 2 is 1.52 bits per heavy atom. The largest absolute Gasteiger partial charge is 0.481 e. The first-order valence-corrected chi connectivity index (χ1v) is 11.4. The van der Waals surface area contributed by atoms with Gasteiger partial charge >= 0.3 is 12.1 Å². The maximum Gasteiger partial charge on any atom is 0.416 e. The van der Waals surface area contributed by atoms with Crippen LogP contribution in [-0.2, 0) is 33.8 Å². The maximum absolute atomic E-state index is 12.7. The smallest absolute Gasteiger partial charge is 0.416 e. The standard InChI is InChI=1S/C22H24F3NO4S/c23-22(24,25)18-7-9-19(10-8-18)31(29,30)26-15-21(11-1-2-12-21)14-17-5-3-16(4-6-17)13-20(27)28/h3-10,26H,1-2,11-15H2,(H,27,28). The van der Waals surface area contributed by atoms with Gasteiger partial charge in [0.2, 0.25) is 10.0 Å². The minimum Gasteiger partial charge on any atom is -0.481 e. The van der Waals surface area contributed by atoms with Crippen LogP contribution in [0.25, 0.3) is 0 Å². The molecular formula is C22H24F3NO4S. The summed E-state index contributed by atoms with van der Waals surface area (Å²) in [6.07, 6.45) is -0.338. The van der Waals surface area contributed by atoms with Crippen molar-refractivity contribution in [2.45, 2.75) is 49.6 Å². The van der Waals surface area contributed by atoms with Crippen LogP contribution in [0.3, 0.4) is 0 Å². The van der Waals surface area contributed by atoms with E-state index in [0.29, 0.717) is 12.0 Å². The van der Waals surface area contributed by atoms with Gasteiger partial charge in [0.15, 0.2) is 0 Å². The number of carbonyl (C=O) groups is 1. The topological polar surface area (TPSA) is 83.5 Å². The van der Waals surface area contributed by atoms with Gasteiger partial charge in [0, 0.05) is 6.54 Å². The summed E-state index contributed by atoms with van der Waals surface area (Å²) in [5.41, 5.74) is 0.502. The molecule has 0 bridgehead atoms. The predicted octanol–water partition coefficient (Wildman–Crippen LogP) is 4.41. The third-order valence-corrected chi connectivity index (χ3v) is 7.17. The van der Waals surface area contributed by atoms with Gasteiger partial charge < -0.3 is 5.11 Å². The highest BCUT2D eigenvalue weighted by atomic mass is 32.2. The third kappa shape index (κ3) is 6.07. The SMILES string of the molecule is O=C(O)Cc1ccc(CC2(CNS(=O)(=O)c3ccc(C(F)(F)F)cc3)CCCC2)cc1. The zero-order chi connectivity index (χ0) is 22.7. The van der Waals surface area contributed by atoms with E-state index in [1.54, 1.807) is 12.1 Å². The highest BCUT2D eigenvalue weighted by Crippen LogP contribution is 2.41. The summed E-state index contributed by atoms with van der Waals surface area (Å²) in [6, 6.07) is 10.7. The van der Waals surface area contributed by atoms with Gasteiger partial charge in [0.1, 0.15) is 0 Å². The number of hydrogen-bond acceptors (Lipinski definition) is 3. The number of halogens is 3. The van der Waals surface area contributed by atoms with Gasteiger partial charge in [0.05, 0.1) is 16.9 Å². The number of hydrogen-bond donors (Lipinski definition) is 2. The zero-order valence-corrected chi connectivity index (χ0v) is 17.6. The van der Waals surface area contributed by atoms with E-state index in [1.807, 2.05) is 12.1 Å². The maximum atomic E-state index is 12.7. The Labute approximate surface area is 179 Å². The second kappa shape index (κ2) is 9.00. The van der Waals surface area contributed by atoms with Crippen LogP contribution in [0.2, 0.25) is 0 Å². The number of aliphatic carboxylic acids is 1. The Balaban J connectivity index is 1.70. The molecule has 0 saturated heterocycles. The molecule has 168 valence electrons. The predicted molar refractivity (Wildman–Crippen MR) is 109 cm³/mol. The van der Waals surface area contributed by atoms with Crippen LogP contribution in [0.1, 0.15) is 42.4 Å². The molecule has 31 heavy (non-hydrogen) atoms. The van der Waals surface area contributed by atoms with E-state index >= 15 is 0 Å². The molecule has 1 aliphatic carbocycles. The first-order valence-electron chi connectivity index (χ1n) is 9.96. The molecule has 1 fully saturated rings. The molecule has 0 spiro atoms. The molecule has 1 saturated carbocycles. The summed E-state index contributed by atoms with van der Waals surface area (Å²) in [7, 11) is -3.94. The van der Waals surface area contributed by atoms with E-state index in [9.17, 15) is 26.4 Å². The molecule has 3 rings (SSSR count). The minimum atomic E-state index is -4.52. The van der Waals surface area contributed by atoms with Crippen molar-refractivity contribution in [2.24, 2.45) is 5.41 Å². The molecule has 2 N–H and O–H groups in total. The monoisotopic (exact) mass is 455 g/mol. The Morgan fingerprint density at radius 1 is 0.968 bits per heavy atom. The van der Waals surface area contributed by atoms with Crippen LogP contribution in [0.5, 0.6) is 0 Å². The summed E-state index contributed by atoms with van der Waals surface area (Å²) < 4.78 is 66.0. The number of benzene rings is 2. The van der Waals surface area contributed by atoms with Crippen molar-refractivity contribution in [2.75, 3.05) is 6.54 Å². The molecule has 0 aromatic heterocycles.